The monoisotopic (exact) mass is 402 g/mol. The van der Waals surface area contributed by atoms with Crippen LogP contribution in [0.5, 0.6) is 0 Å². The minimum atomic E-state index is -3.76. The molecular formula is C13H18N6O7S. The van der Waals surface area contributed by atoms with Gasteiger partial charge in [0.1, 0.15) is 18.3 Å². The van der Waals surface area contributed by atoms with Crippen LogP contribution >= 0.6 is 0 Å². The van der Waals surface area contributed by atoms with Crippen molar-refractivity contribution in [1.82, 2.24) is 29.3 Å². The molecule has 0 radical (unpaired) electrons. The zero-order chi connectivity index (χ0) is 19.8. The molecule has 2 aromatic rings. The summed E-state index contributed by atoms with van der Waals surface area (Å²) in [6.07, 6.45) is -1.49. The minimum Gasteiger partial charge on any atom is -0.387 e. The van der Waals surface area contributed by atoms with E-state index >= 15 is 0 Å². The van der Waals surface area contributed by atoms with Gasteiger partial charge < -0.3 is 14.6 Å². The van der Waals surface area contributed by atoms with Gasteiger partial charge in [-0.3, -0.25) is 14.3 Å². The van der Waals surface area contributed by atoms with Crippen molar-refractivity contribution in [3.05, 3.63) is 39.3 Å². The number of aliphatic hydroxyl groups is 1. The Morgan fingerprint density at radius 1 is 1.44 bits per heavy atom. The lowest BCUT2D eigenvalue weighted by Gasteiger charge is -2.19. The lowest BCUT2D eigenvalue weighted by Crippen LogP contribution is -2.38. The summed E-state index contributed by atoms with van der Waals surface area (Å²) in [6.45, 7) is -0.0398. The average molecular weight is 402 g/mol. The molecule has 0 amide bonds. The van der Waals surface area contributed by atoms with Crippen LogP contribution in [0.3, 0.4) is 0 Å². The highest BCUT2D eigenvalue weighted by molar-refractivity contribution is 7.89. The van der Waals surface area contributed by atoms with Gasteiger partial charge in [-0.25, -0.2) is 22.6 Å². The van der Waals surface area contributed by atoms with Gasteiger partial charge in [0.15, 0.2) is 6.23 Å². The van der Waals surface area contributed by atoms with Gasteiger partial charge in [0.25, 0.3) is 15.6 Å². The number of aromatic nitrogens is 5. The first-order valence-corrected chi connectivity index (χ1v) is 9.26. The van der Waals surface area contributed by atoms with Crippen LogP contribution in [-0.4, -0.2) is 70.5 Å². The van der Waals surface area contributed by atoms with E-state index in [0.29, 0.717) is 0 Å². The van der Waals surface area contributed by atoms with Crippen LogP contribution in [0.15, 0.2) is 33.1 Å². The maximum atomic E-state index is 12.0. The molecule has 2 unspecified atom stereocenters. The van der Waals surface area contributed by atoms with E-state index < -0.39 is 45.8 Å². The van der Waals surface area contributed by atoms with Gasteiger partial charge in [-0.1, -0.05) is 5.21 Å². The van der Waals surface area contributed by atoms with Crippen LogP contribution in [0, 0.1) is 0 Å². The first-order valence-electron chi connectivity index (χ1n) is 7.78. The van der Waals surface area contributed by atoms with Crippen molar-refractivity contribution < 1.29 is 23.0 Å². The summed E-state index contributed by atoms with van der Waals surface area (Å²) >= 11 is 0. The largest absolute Gasteiger partial charge is 0.387 e. The summed E-state index contributed by atoms with van der Waals surface area (Å²) in [5.41, 5.74) is -1.29. The predicted octanol–water partition coefficient (Wildman–Crippen LogP) is -2.99. The smallest absolute Gasteiger partial charge is 0.330 e. The third-order valence-corrected chi connectivity index (χ3v) is 5.41. The van der Waals surface area contributed by atoms with Crippen molar-refractivity contribution in [2.24, 2.45) is 0 Å². The van der Waals surface area contributed by atoms with Crippen molar-refractivity contribution >= 4 is 10.0 Å². The fourth-order valence-corrected chi connectivity index (χ4v) is 3.37. The summed E-state index contributed by atoms with van der Waals surface area (Å²) in [5, 5.41) is 17.5. The Hall–Kier alpha value is -2.39. The average Bonchev–Trinajstić information content (AvgIpc) is 3.21. The van der Waals surface area contributed by atoms with Gasteiger partial charge in [-0.2, -0.15) is 0 Å². The number of methoxy groups -OCH3 is 1. The van der Waals surface area contributed by atoms with Crippen molar-refractivity contribution in [1.29, 1.82) is 0 Å². The molecule has 0 spiro atoms. The molecule has 13 nitrogen and oxygen atoms in total. The molecule has 1 aliphatic rings. The standard InChI is InChI=1S/C13H18N6O7S/c1-14-27(23,24)9-6-18(17-16-9)5-7-10(21)11(25-2)12(26-7)19-4-3-8(20)15-13(19)22/h3-4,6-7,10-12,14,21H,5H2,1-2H3,(H,15,20,22)/t7-,10?,11?,12-/m1/s1. The zero-order valence-electron chi connectivity index (χ0n) is 14.3. The second kappa shape index (κ2) is 7.32. The van der Waals surface area contributed by atoms with Crippen LogP contribution < -0.4 is 16.0 Å². The lowest BCUT2D eigenvalue weighted by atomic mass is 10.1. The highest BCUT2D eigenvalue weighted by Gasteiger charge is 2.45. The first kappa shape index (κ1) is 19.4. The van der Waals surface area contributed by atoms with Gasteiger partial charge in [-0.15, -0.1) is 5.10 Å². The molecule has 4 atom stereocenters. The molecule has 0 saturated carbocycles. The zero-order valence-corrected chi connectivity index (χ0v) is 15.2. The van der Waals surface area contributed by atoms with E-state index in [0.717, 1.165) is 10.6 Å². The molecule has 0 aliphatic carbocycles. The van der Waals surface area contributed by atoms with Crippen LogP contribution in [0.4, 0.5) is 0 Å². The number of nitrogens with one attached hydrogen (secondary N) is 2. The summed E-state index contributed by atoms with van der Waals surface area (Å²) in [5.74, 6) is 0. The third-order valence-electron chi connectivity index (χ3n) is 4.14. The Morgan fingerprint density at radius 3 is 2.81 bits per heavy atom. The van der Waals surface area contributed by atoms with Gasteiger partial charge in [0, 0.05) is 19.4 Å². The molecule has 2 aromatic heterocycles. The van der Waals surface area contributed by atoms with E-state index in [-0.39, 0.29) is 11.6 Å². The molecule has 1 fully saturated rings. The summed E-state index contributed by atoms with van der Waals surface area (Å²) in [4.78, 5) is 25.3. The molecule has 3 rings (SSSR count). The minimum absolute atomic E-state index is 0.0398. The molecule has 0 aromatic carbocycles. The SMILES string of the molecule is CNS(=O)(=O)c1cn(C[C@H]2O[C@@H](n3ccc(=O)[nH]c3=O)C(OC)C2O)nn1. The first-order chi connectivity index (χ1) is 12.8. The van der Waals surface area contributed by atoms with Crippen LogP contribution in [0.25, 0.3) is 0 Å². The number of hydrogen-bond donors (Lipinski definition) is 3. The number of H-pyrrole nitrogens is 1. The summed E-state index contributed by atoms with van der Waals surface area (Å²) < 4.78 is 38.8. The maximum Gasteiger partial charge on any atom is 0.330 e. The Balaban J connectivity index is 1.84. The normalized spacial score (nSPS) is 25.7. The Morgan fingerprint density at radius 2 is 2.19 bits per heavy atom. The van der Waals surface area contributed by atoms with Gasteiger partial charge >= 0.3 is 5.69 Å². The highest BCUT2D eigenvalue weighted by atomic mass is 32.2. The molecule has 14 heteroatoms. The van der Waals surface area contributed by atoms with Gasteiger partial charge in [0.05, 0.1) is 12.7 Å². The second-order valence-electron chi connectivity index (χ2n) is 5.76. The van der Waals surface area contributed by atoms with Crippen molar-refractivity contribution in [3.8, 4) is 0 Å². The molecule has 3 heterocycles. The molecule has 3 N–H and O–H groups in total. The second-order valence-corrected chi connectivity index (χ2v) is 7.59. The number of sulfonamides is 1. The van der Waals surface area contributed by atoms with Crippen LogP contribution in [-0.2, 0) is 26.0 Å². The van der Waals surface area contributed by atoms with Crippen molar-refractivity contribution in [3.63, 3.8) is 0 Å². The fraction of sp³-hybridized carbons (Fsp3) is 0.538. The number of nitrogens with zero attached hydrogens (tertiary/aromatic N) is 4. The fourth-order valence-electron chi connectivity index (χ4n) is 2.76. The lowest BCUT2D eigenvalue weighted by molar-refractivity contribution is -0.0566. The molecule has 148 valence electrons. The van der Waals surface area contributed by atoms with Crippen molar-refractivity contribution in [2.45, 2.75) is 36.1 Å². The molecule has 0 bridgehead atoms. The van der Waals surface area contributed by atoms with E-state index in [9.17, 15) is 23.1 Å². The quantitative estimate of drug-likeness (QED) is 0.456. The van der Waals surface area contributed by atoms with Gasteiger partial charge in [-0.05, 0) is 7.05 Å². The third kappa shape index (κ3) is 3.70. The van der Waals surface area contributed by atoms with Crippen LogP contribution in [0.2, 0.25) is 0 Å². The van der Waals surface area contributed by atoms with Crippen LogP contribution in [0.1, 0.15) is 6.23 Å². The maximum absolute atomic E-state index is 12.0. The number of aliphatic hydroxyl groups excluding tert-OH is 1. The molecule has 1 aliphatic heterocycles. The van der Waals surface area contributed by atoms with E-state index in [4.69, 9.17) is 9.47 Å². The van der Waals surface area contributed by atoms with E-state index in [1.165, 1.54) is 31.2 Å². The number of rotatable bonds is 6. The highest BCUT2D eigenvalue weighted by Crippen LogP contribution is 2.31. The summed E-state index contributed by atoms with van der Waals surface area (Å²) in [6, 6.07) is 1.14. The Bertz CT molecular complexity index is 1030. The number of hydrogen-bond acceptors (Lipinski definition) is 9. The number of ether oxygens (including phenoxy) is 2. The molecule has 1 saturated heterocycles. The van der Waals surface area contributed by atoms with E-state index in [1.54, 1.807) is 0 Å². The molecular weight excluding hydrogens is 384 g/mol. The Labute approximate surface area is 152 Å². The van der Waals surface area contributed by atoms with E-state index in [2.05, 4.69) is 20.0 Å². The van der Waals surface area contributed by atoms with Gasteiger partial charge in [0.2, 0.25) is 5.03 Å². The number of aromatic amines is 1. The predicted molar refractivity (Wildman–Crippen MR) is 88.3 cm³/mol. The Kier molecular flexibility index (Phi) is 5.25. The topological polar surface area (TPSA) is 170 Å². The summed E-state index contributed by atoms with van der Waals surface area (Å²) in [7, 11) is -1.17. The van der Waals surface area contributed by atoms with Crippen molar-refractivity contribution in [2.75, 3.05) is 14.2 Å². The van der Waals surface area contributed by atoms with E-state index in [1.807, 2.05) is 0 Å². The molecule has 27 heavy (non-hydrogen) atoms.